The fourth-order valence-corrected chi connectivity index (χ4v) is 3.78. The molecule has 1 aliphatic heterocycles. The predicted molar refractivity (Wildman–Crippen MR) is 90.1 cm³/mol. The first kappa shape index (κ1) is 16.1. The number of nitrogens with zero attached hydrogens (tertiary/aromatic N) is 5. The number of aromatic nitrogens is 3. The van der Waals surface area contributed by atoms with Crippen LogP contribution in [-0.4, -0.2) is 51.1 Å². The van der Waals surface area contributed by atoms with Gasteiger partial charge in [0.25, 0.3) is 0 Å². The largest absolute Gasteiger partial charge is 0.348 e. The lowest BCUT2D eigenvalue weighted by Gasteiger charge is -2.22. The summed E-state index contributed by atoms with van der Waals surface area (Å²) in [5, 5.41) is 7.27. The van der Waals surface area contributed by atoms with Crippen LogP contribution in [0.4, 0.5) is 0 Å². The highest BCUT2D eigenvalue weighted by molar-refractivity contribution is 7.09. The van der Waals surface area contributed by atoms with Gasteiger partial charge in [0.2, 0.25) is 5.91 Å². The van der Waals surface area contributed by atoms with Crippen molar-refractivity contribution in [2.45, 2.75) is 31.8 Å². The van der Waals surface area contributed by atoms with Crippen molar-refractivity contribution in [3.05, 3.63) is 34.0 Å². The van der Waals surface area contributed by atoms with E-state index >= 15 is 0 Å². The van der Waals surface area contributed by atoms with Crippen molar-refractivity contribution in [2.24, 2.45) is 7.05 Å². The van der Waals surface area contributed by atoms with Gasteiger partial charge in [-0.1, -0.05) is 0 Å². The molecule has 6 nitrogen and oxygen atoms in total. The minimum absolute atomic E-state index is 0.0975. The van der Waals surface area contributed by atoms with Crippen LogP contribution in [0.2, 0.25) is 0 Å². The topological polar surface area (TPSA) is 54.3 Å². The van der Waals surface area contributed by atoms with Crippen molar-refractivity contribution in [2.75, 3.05) is 20.6 Å². The van der Waals surface area contributed by atoms with Gasteiger partial charge in [0, 0.05) is 50.9 Å². The Labute approximate surface area is 140 Å². The van der Waals surface area contributed by atoms with E-state index in [2.05, 4.69) is 26.6 Å². The van der Waals surface area contributed by atoms with Gasteiger partial charge in [-0.3, -0.25) is 14.4 Å². The van der Waals surface area contributed by atoms with Crippen LogP contribution < -0.4 is 0 Å². The van der Waals surface area contributed by atoms with Gasteiger partial charge in [-0.15, -0.1) is 11.3 Å². The summed E-state index contributed by atoms with van der Waals surface area (Å²) < 4.78 is 1.86. The van der Waals surface area contributed by atoms with Crippen LogP contribution in [0.5, 0.6) is 0 Å². The highest BCUT2D eigenvalue weighted by Gasteiger charge is 2.27. The Bertz CT molecular complexity index is 678. The van der Waals surface area contributed by atoms with E-state index in [1.807, 2.05) is 17.9 Å². The number of likely N-dealkylation sites (tertiary alicyclic amines) is 1. The lowest BCUT2D eigenvalue weighted by atomic mass is 10.1. The molecule has 3 heterocycles. The summed E-state index contributed by atoms with van der Waals surface area (Å²) in [5.74, 6) is 0.0975. The Morgan fingerprint density at radius 1 is 1.48 bits per heavy atom. The zero-order valence-corrected chi connectivity index (χ0v) is 14.7. The fourth-order valence-electron chi connectivity index (χ4n) is 3.00. The summed E-state index contributed by atoms with van der Waals surface area (Å²) in [6.07, 6.45) is 6.83. The summed E-state index contributed by atoms with van der Waals surface area (Å²) in [7, 11) is 5.51. The maximum absolute atomic E-state index is 11.8. The summed E-state index contributed by atoms with van der Waals surface area (Å²) in [6.45, 7) is 1.93. The molecule has 124 valence electrons. The SMILES string of the molecule is CN(C)C(=O)Cc1nc(CN2CCCC2c2cnn(C)c2)cs1. The maximum Gasteiger partial charge on any atom is 0.228 e. The number of carbonyl (C=O) groups is 1. The second kappa shape index (κ2) is 6.80. The van der Waals surface area contributed by atoms with E-state index in [1.54, 1.807) is 30.3 Å². The van der Waals surface area contributed by atoms with Crippen LogP contribution in [0, 0.1) is 0 Å². The zero-order valence-electron chi connectivity index (χ0n) is 13.9. The standard InChI is InChI=1S/C16H23N5OS/c1-19(2)16(22)7-15-18-13(11-23-15)10-21-6-4-5-14(21)12-8-17-20(3)9-12/h8-9,11,14H,4-7,10H2,1-3H3. The second-order valence-corrected chi connectivity index (χ2v) is 7.22. The molecule has 1 atom stereocenters. The van der Waals surface area contributed by atoms with Crippen LogP contribution in [-0.2, 0) is 24.8 Å². The number of thiazole rings is 1. The molecule has 7 heteroatoms. The van der Waals surface area contributed by atoms with Crippen molar-refractivity contribution >= 4 is 17.2 Å². The number of likely N-dealkylation sites (N-methyl/N-ethyl adjacent to an activating group) is 1. The average Bonchev–Trinajstić information content (AvgIpc) is 3.21. The Kier molecular flexibility index (Phi) is 4.77. The molecule has 2 aromatic rings. The average molecular weight is 333 g/mol. The third kappa shape index (κ3) is 3.79. The van der Waals surface area contributed by atoms with Crippen LogP contribution in [0.25, 0.3) is 0 Å². The van der Waals surface area contributed by atoms with Crippen LogP contribution in [0.1, 0.15) is 35.1 Å². The highest BCUT2D eigenvalue weighted by atomic mass is 32.1. The van der Waals surface area contributed by atoms with Crippen LogP contribution in [0.15, 0.2) is 17.8 Å². The van der Waals surface area contributed by atoms with Crippen molar-refractivity contribution in [1.29, 1.82) is 0 Å². The first-order chi connectivity index (χ1) is 11.0. The minimum Gasteiger partial charge on any atom is -0.348 e. The van der Waals surface area contributed by atoms with E-state index in [9.17, 15) is 4.79 Å². The molecular formula is C16H23N5OS. The first-order valence-corrected chi connectivity index (χ1v) is 8.77. The Balaban J connectivity index is 1.65. The Morgan fingerprint density at radius 3 is 3.00 bits per heavy atom. The van der Waals surface area contributed by atoms with Crippen LogP contribution >= 0.6 is 11.3 Å². The van der Waals surface area contributed by atoms with E-state index in [0.29, 0.717) is 12.5 Å². The summed E-state index contributed by atoms with van der Waals surface area (Å²) in [6, 6.07) is 0.428. The third-order valence-electron chi connectivity index (χ3n) is 4.24. The number of hydrogen-bond donors (Lipinski definition) is 0. The first-order valence-electron chi connectivity index (χ1n) is 7.89. The van der Waals surface area contributed by atoms with Crippen molar-refractivity contribution in [1.82, 2.24) is 24.6 Å². The van der Waals surface area contributed by atoms with Gasteiger partial charge >= 0.3 is 0 Å². The van der Waals surface area contributed by atoms with Gasteiger partial charge in [-0.25, -0.2) is 4.98 Å². The molecule has 0 aliphatic carbocycles. The maximum atomic E-state index is 11.8. The van der Waals surface area contributed by atoms with Crippen molar-refractivity contribution in [3.63, 3.8) is 0 Å². The van der Waals surface area contributed by atoms with E-state index in [1.165, 1.54) is 18.4 Å². The monoisotopic (exact) mass is 333 g/mol. The highest BCUT2D eigenvalue weighted by Crippen LogP contribution is 2.32. The van der Waals surface area contributed by atoms with Gasteiger partial charge < -0.3 is 4.90 Å². The molecule has 1 amide bonds. The fraction of sp³-hybridized carbons (Fsp3) is 0.562. The molecule has 23 heavy (non-hydrogen) atoms. The normalized spacial score (nSPS) is 18.5. The number of carbonyl (C=O) groups excluding carboxylic acids is 1. The lowest BCUT2D eigenvalue weighted by Crippen LogP contribution is -2.24. The van der Waals surface area contributed by atoms with Gasteiger partial charge in [0.15, 0.2) is 0 Å². The Morgan fingerprint density at radius 2 is 2.30 bits per heavy atom. The molecule has 3 rings (SSSR count). The number of amides is 1. The van der Waals surface area contributed by atoms with E-state index < -0.39 is 0 Å². The Hall–Kier alpha value is -1.73. The molecule has 0 spiro atoms. The van der Waals surface area contributed by atoms with E-state index in [0.717, 1.165) is 23.8 Å². The molecule has 0 aromatic carbocycles. The molecule has 1 fully saturated rings. The lowest BCUT2D eigenvalue weighted by molar-refractivity contribution is -0.127. The van der Waals surface area contributed by atoms with E-state index in [4.69, 9.17) is 0 Å². The summed E-state index contributed by atoms with van der Waals surface area (Å²) in [5.41, 5.74) is 2.34. The van der Waals surface area contributed by atoms with Gasteiger partial charge in [0.05, 0.1) is 18.3 Å². The summed E-state index contributed by atoms with van der Waals surface area (Å²) in [4.78, 5) is 20.5. The van der Waals surface area contributed by atoms with Crippen molar-refractivity contribution in [3.8, 4) is 0 Å². The molecule has 1 saturated heterocycles. The van der Waals surface area contributed by atoms with Gasteiger partial charge in [-0.2, -0.15) is 5.10 Å². The number of hydrogen-bond acceptors (Lipinski definition) is 5. The second-order valence-electron chi connectivity index (χ2n) is 6.27. The van der Waals surface area contributed by atoms with E-state index in [-0.39, 0.29) is 5.91 Å². The van der Waals surface area contributed by atoms with Gasteiger partial charge in [0.1, 0.15) is 5.01 Å². The molecule has 0 bridgehead atoms. The summed E-state index contributed by atoms with van der Waals surface area (Å²) >= 11 is 1.58. The predicted octanol–water partition coefficient (Wildman–Crippen LogP) is 1.84. The molecule has 0 N–H and O–H groups in total. The van der Waals surface area contributed by atoms with Crippen LogP contribution in [0.3, 0.4) is 0 Å². The molecule has 0 saturated carbocycles. The number of rotatable bonds is 5. The molecular weight excluding hydrogens is 310 g/mol. The molecule has 2 aromatic heterocycles. The molecule has 1 unspecified atom stereocenters. The smallest absolute Gasteiger partial charge is 0.228 e. The third-order valence-corrected chi connectivity index (χ3v) is 5.14. The minimum atomic E-state index is 0.0975. The molecule has 0 radical (unpaired) electrons. The molecule has 1 aliphatic rings. The van der Waals surface area contributed by atoms with Gasteiger partial charge in [-0.05, 0) is 19.4 Å². The zero-order chi connectivity index (χ0) is 16.4. The number of aryl methyl sites for hydroxylation is 1. The van der Waals surface area contributed by atoms with Crippen molar-refractivity contribution < 1.29 is 4.79 Å². The quantitative estimate of drug-likeness (QED) is 0.838.